The summed E-state index contributed by atoms with van der Waals surface area (Å²) in [5, 5.41) is 3.46. The molecule has 1 aromatic carbocycles. The minimum Gasteiger partial charge on any atom is -0.378 e. The van der Waals surface area contributed by atoms with E-state index in [1.165, 1.54) is 0 Å². The van der Waals surface area contributed by atoms with Crippen molar-refractivity contribution in [3.8, 4) is 0 Å². The van der Waals surface area contributed by atoms with Gasteiger partial charge in [-0.15, -0.1) is 0 Å². The van der Waals surface area contributed by atoms with Crippen LogP contribution in [0.2, 0.25) is 5.02 Å². The highest BCUT2D eigenvalue weighted by Gasteiger charge is 2.30. The number of amides is 2. The molecule has 1 aliphatic heterocycles. The smallest absolute Gasteiger partial charge is 0.251 e. The summed E-state index contributed by atoms with van der Waals surface area (Å²) in [5.41, 5.74) is 0.498. The lowest BCUT2D eigenvalue weighted by molar-refractivity contribution is -0.138. The van der Waals surface area contributed by atoms with Gasteiger partial charge in [-0.25, -0.2) is 0 Å². The molecule has 0 saturated carbocycles. The fourth-order valence-corrected chi connectivity index (χ4v) is 2.62. The predicted octanol–water partition coefficient (Wildman–Crippen LogP) is 2.34. The summed E-state index contributed by atoms with van der Waals surface area (Å²) in [5.74, 6) is -0.236. The fraction of sp³-hybridized carbons (Fsp3) is 0.529. The maximum atomic E-state index is 12.8. The first kappa shape index (κ1) is 17.8. The zero-order chi connectivity index (χ0) is 16.8. The average Bonchev–Trinajstić information content (AvgIpc) is 2.59. The second-order valence-electron chi connectivity index (χ2n) is 5.78. The molecule has 1 saturated heterocycles. The highest BCUT2D eigenvalue weighted by Crippen LogP contribution is 2.14. The fourth-order valence-electron chi connectivity index (χ4n) is 2.49. The minimum atomic E-state index is -0.527. The molecule has 6 heteroatoms. The number of nitrogens with one attached hydrogen (secondary N) is 1. The average molecular weight is 339 g/mol. The lowest BCUT2D eigenvalue weighted by Crippen LogP contribution is -2.54. The van der Waals surface area contributed by atoms with Crippen molar-refractivity contribution in [3.63, 3.8) is 0 Å². The summed E-state index contributed by atoms with van der Waals surface area (Å²) in [7, 11) is 0. The van der Waals surface area contributed by atoms with E-state index in [2.05, 4.69) is 5.32 Å². The first-order chi connectivity index (χ1) is 11.0. The van der Waals surface area contributed by atoms with Crippen LogP contribution in [0.25, 0.3) is 0 Å². The lowest BCUT2D eigenvalue weighted by atomic mass is 9.97. The van der Waals surface area contributed by atoms with Gasteiger partial charge in [0.15, 0.2) is 0 Å². The van der Waals surface area contributed by atoms with Crippen molar-refractivity contribution in [2.45, 2.75) is 26.3 Å². The molecule has 2 atom stereocenters. The van der Waals surface area contributed by atoms with Crippen molar-refractivity contribution in [3.05, 3.63) is 34.9 Å². The molecule has 23 heavy (non-hydrogen) atoms. The van der Waals surface area contributed by atoms with Crippen molar-refractivity contribution in [2.24, 2.45) is 5.92 Å². The number of ether oxygens (including phenoxy) is 1. The third-order valence-electron chi connectivity index (χ3n) is 4.19. The molecule has 0 aromatic heterocycles. The molecule has 0 radical (unpaired) electrons. The number of carbonyl (C=O) groups is 2. The molecular formula is C17H23ClN2O3. The van der Waals surface area contributed by atoms with Gasteiger partial charge in [-0.2, -0.15) is 0 Å². The summed E-state index contributed by atoms with van der Waals surface area (Å²) in [6.45, 7) is 6.23. The topological polar surface area (TPSA) is 58.6 Å². The number of rotatable bonds is 5. The molecule has 2 rings (SSSR count). The van der Waals surface area contributed by atoms with E-state index >= 15 is 0 Å². The van der Waals surface area contributed by atoms with Gasteiger partial charge in [0.25, 0.3) is 5.91 Å². The van der Waals surface area contributed by atoms with Crippen LogP contribution >= 0.6 is 11.6 Å². The van der Waals surface area contributed by atoms with Gasteiger partial charge in [0.1, 0.15) is 6.04 Å². The van der Waals surface area contributed by atoms with Crippen molar-refractivity contribution < 1.29 is 14.3 Å². The molecule has 0 spiro atoms. The molecule has 0 aliphatic carbocycles. The zero-order valence-corrected chi connectivity index (χ0v) is 14.3. The number of morpholine rings is 1. The van der Waals surface area contributed by atoms with Crippen molar-refractivity contribution in [1.29, 1.82) is 0 Å². The summed E-state index contributed by atoms with van der Waals surface area (Å²) in [4.78, 5) is 26.9. The summed E-state index contributed by atoms with van der Waals surface area (Å²) >= 11 is 5.84. The van der Waals surface area contributed by atoms with Gasteiger partial charge in [0.05, 0.1) is 13.2 Å². The molecule has 0 unspecified atom stereocenters. The first-order valence-corrected chi connectivity index (χ1v) is 8.33. The second-order valence-corrected chi connectivity index (χ2v) is 6.22. The van der Waals surface area contributed by atoms with Gasteiger partial charge in [-0.1, -0.05) is 31.9 Å². The molecule has 0 bridgehead atoms. The highest BCUT2D eigenvalue weighted by atomic mass is 35.5. The van der Waals surface area contributed by atoms with Crippen LogP contribution in [-0.4, -0.2) is 49.1 Å². The molecule has 1 fully saturated rings. The monoisotopic (exact) mass is 338 g/mol. The van der Waals surface area contributed by atoms with Gasteiger partial charge in [0.2, 0.25) is 5.91 Å². The number of hydrogen-bond donors (Lipinski definition) is 1. The van der Waals surface area contributed by atoms with Gasteiger partial charge in [-0.3, -0.25) is 9.59 Å². The van der Waals surface area contributed by atoms with E-state index in [1.54, 1.807) is 29.2 Å². The maximum absolute atomic E-state index is 12.8. The van der Waals surface area contributed by atoms with E-state index < -0.39 is 6.04 Å². The van der Waals surface area contributed by atoms with Gasteiger partial charge >= 0.3 is 0 Å². The third kappa shape index (κ3) is 4.69. The van der Waals surface area contributed by atoms with E-state index in [0.717, 1.165) is 6.42 Å². The van der Waals surface area contributed by atoms with Gasteiger partial charge in [0, 0.05) is 23.7 Å². The molecule has 2 amide bonds. The Hall–Kier alpha value is -1.59. The van der Waals surface area contributed by atoms with Crippen LogP contribution in [0.5, 0.6) is 0 Å². The van der Waals surface area contributed by atoms with Crippen LogP contribution in [0, 0.1) is 5.92 Å². The lowest BCUT2D eigenvalue weighted by Gasteiger charge is -2.33. The Labute approximate surface area is 141 Å². The van der Waals surface area contributed by atoms with Crippen LogP contribution in [0.4, 0.5) is 0 Å². The Morgan fingerprint density at radius 2 is 1.87 bits per heavy atom. The molecule has 1 heterocycles. The van der Waals surface area contributed by atoms with Gasteiger partial charge < -0.3 is 15.0 Å². The second kappa shape index (κ2) is 8.31. The normalized spacial score (nSPS) is 17.4. The van der Waals surface area contributed by atoms with Crippen LogP contribution in [0.1, 0.15) is 30.6 Å². The molecule has 126 valence electrons. The summed E-state index contributed by atoms with van der Waals surface area (Å²) in [6.07, 6.45) is 0.807. The Bertz CT molecular complexity index is 541. The standard InChI is InChI=1S/C17H23ClN2O3/c1-3-12(2)15(17(22)20-8-10-23-11-9-20)19-16(21)13-4-6-14(18)7-5-13/h4-7,12,15H,3,8-11H2,1-2H3,(H,19,21)/t12-,15-/m0/s1. The number of carbonyl (C=O) groups excluding carboxylic acids is 2. The number of nitrogens with zero attached hydrogens (tertiary/aromatic N) is 1. The van der Waals surface area contributed by atoms with Crippen LogP contribution < -0.4 is 5.32 Å². The molecular weight excluding hydrogens is 316 g/mol. The van der Waals surface area contributed by atoms with E-state index in [4.69, 9.17) is 16.3 Å². The largest absolute Gasteiger partial charge is 0.378 e. The van der Waals surface area contributed by atoms with E-state index in [0.29, 0.717) is 36.9 Å². The summed E-state index contributed by atoms with van der Waals surface area (Å²) < 4.78 is 5.28. The SMILES string of the molecule is CC[C@H](C)[C@H](NC(=O)c1ccc(Cl)cc1)C(=O)N1CCOCC1. The molecule has 5 nitrogen and oxygen atoms in total. The number of benzene rings is 1. The minimum absolute atomic E-state index is 0.0371. The van der Waals surface area contributed by atoms with Crippen LogP contribution in [0.15, 0.2) is 24.3 Å². The number of hydrogen-bond acceptors (Lipinski definition) is 3. The number of halogens is 1. The molecule has 1 aromatic rings. The molecule has 1 aliphatic rings. The Morgan fingerprint density at radius 1 is 1.26 bits per heavy atom. The van der Waals surface area contributed by atoms with Crippen LogP contribution in [-0.2, 0) is 9.53 Å². The summed E-state index contributed by atoms with van der Waals surface area (Å²) in [6, 6.07) is 6.12. The van der Waals surface area contributed by atoms with Crippen LogP contribution in [0.3, 0.4) is 0 Å². The molecule has 1 N–H and O–H groups in total. The van der Waals surface area contributed by atoms with Crippen molar-refractivity contribution in [2.75, 3.05) is 26.3 Å². The van der Waals surface area contributed by atoms with Gasteiger partial charge in [-0.05, 0) is 30.2 Å². The van der Waals surface area contributed by atoms with E-state index in [-0.39, 0.29) is 17.7 Å². The zero-order valence-electron chi connectivity index (χ0n) is 13.5. The van der Waals surface area contributed by atoms with E-state index in [9.17, 15) is 9.59 Å². The predicted molar refractivity (Wildman–Crippen MR) is 89.6 cm³/mol. The quantitative estimate of drug-likeness (QED) is 0.896. The third-order valence-corrected chi connectivity index (χ3v) is 4.45. The Balaban J connectivity index is 2.09. The van der Waals surface area contributed by atoms with Crippen molar-refractivity contribution in [1.82, 2.24) is 10.2 Å². The maximum Gasteiger partial charge on any atom is 0.251 e. The van der Waals surface area contributed by atoms with Crippen molar-refractivity contribution >= 4 is 23.4 Å². The Morgan fingerprint density at radius 3 is 2.43 bits per heavy atom. The Kier molecular flexibility index (Phi) is 6.42. The van der Waals surface area contributed by atoms with E-state index in [1.807, 2.05) is 13.8 Å². The first-order valence-electron chi connectivity index (χ1n) is 7.96. The highest BCUT2D eigenvalue weighted by molar-refractivity contribution is 6.30.